The van der Waals surface area contributed by atoms with Crippen molar-refractivity contribution in [3.63, 3.8) is 0 Å². The van der Waals surface area contributed by atoms with Crippen LogP contribution in [0.25, 0.3) is 0 Å². The van der Waals surface area contributed by atoms with Crippen molar-refractivity contribution in [3.8, 4) is 0 Å². The molecule has 2 N–H and O–H groups in total. The first-order valence-corrected chi connectivity index (χ1v) is 3.42. The summed E-state index contributed by atoms with van der Waals surface area (Å²) in [6.07, 6.45) is 1.74. The average Bonchev–Trinajstić information content (AvgIpc) is 1.91. The lowest BCUT2D eigenvalue weighted by Gasteiger charge is -1.91. The predicted molar refractivity (Wildman–Crippen MR) is 38.6 cm³/mol. The number of hydrogen-bond acceptors (Lipinski definition) is 3. The Balaban J connectivity index is 2.61. The van der Waals surface area contributed by atoms with Crippen molar-refractivity contribution < 1.29 is 0 Å². The number of pyridine rings is 1. The fraction of sp³-hybridized carbons (Fsp3) is 0. The first-order valence-electron chi connectivity index (χ1n) is 2.54. The molecule has 1 radical (unpaired) electrons. The van der Waals surface area contributed by atoms with Crippen LogP contribution >= 0.6 is 11.8 Å². The van der Waals surface area contributed by atoms with Crippen LogP contribution in [0.3, 0.4) is 0 Å². The molecule has 0 aliphatic rings. The maximum atomic E-state index is 5.16. The van der Waals surface area contributed by atoms with E-state index in [9.17, 15) is 0 Å². The monoisotopic (exact) mass is 139 g/mol. The quantitative estimate of drug-likeness (QED) is 0.627. The summed E-state index contributed by atoms with van der Waals surface area (Å²) >= 11 is 1.42. The van der Waals surface area contributed by atoms with Crippen LogP contribution in [-0.4, -0.2) is 4.98 Å². The third-order valence-corrected chi connectivity index (χ3v) is 1.45. The second-order valence-electron chi connectivity index (χ2n) is 1.42. The Labute approximate surface area is 58.5 Å². The summed E-state index contributed by atoms with van der Waals surface area (Å²) in [5.74, 6) is 1.52. The van der Waals surface area contributed by atoms with E-state index in [0.29, 0.717) is 0 Å². The van der Waals surface area contributed by atoms with Gasteiger partial charge in [0.25, 0.3) is 0 Å². The van der Waals surface area contributed by atoms with Crippen LogP contribution in [-0.2, 0) is 0 Å². The third-order valence-electron chi connectivity index (χ3n) is 0.827. The van der Waals surface area contributed by atoms with Gasteiger partial charge in [-0.2, -0.15) is 0 Å². The van der Waals surface area contributed by atoms with Crippen LogP contribution in [0.15, 0.2) is 29.4 Å². The SMILES string of the molecule is N[CH]Sc1ccccn1. The fourth-order valence-corrected chi connectivity index (χ4v) is 0.905. The maximum Gasteiger partial charge on any atom is 0.0975 e. The van der Waals surface area contributed by atoms with Gasteiger partial charge in [0.15, 0.2) is 0 Å². The Morgan fingerprint density at radius 3 is 3.00 bits per heavy atom. The summed E-state index contributed by atoms with van der Waals surface area (Å²) in [6, 6.07) is 5.72. The van der Waals surface area contributed by atoms with E-state index < -0.39 is 0 Å². The molecule has 3 heteroatoms. The molecule has 2 nitrogen and oxygen atoms in total. The number of rotatable bonds is 2. The van der Waals surface area contributed by atoms with Crippen molar-refractivity contribution in [1.82, 2.24) is 4.98 Å². The Morgan fingerprint density at radius 1 is 1.56 bits per heavy atom. The van der Waals surface area contributed by atoms with E-state index in [2.05, 4.69) is 4.98 Å². The van der Waals surface area contributed by atoms with E-state index >= 15 is 0 Å². The number of aromatic nitrogens is 1. The number of nitrogens with two attached hydrogens (primary N) is 1. The molecule has 0 saturated heterocycles. The van der Waals surface area contributed by atoms with Gasteiger partial charge in [-0.25, -0.2) is 4.98 Å². The molecule has 0 amide bonds. The summed E-state index contributed by atoms with van der Waals surface area (Å²) < 4.78 is 0. The highest BCUT2D eigenvalue weighted by molar-refractivity contribution is 8.01. The third kappa shape index (κ3) is 2.03. The lowest BCUT2D eigenvalue weighted by molar-refractivity contribution is 1.14. The first-order chi connectivity index (χ1) is 4.43. The molecule has 0 aliphatic heterocycles. The first kappa shape index (κ1) is 6.58. The highest BCUT2D eigenvalue weighted by Gasteiger charge is 1.87. The van der Waals surface area contributed by atoms with Crippen LogP contribution in [0, 0.1) is 5.88 Å². The molecule has 0 bridgehead atoms. The molecule has 0 atom stereocenters. The van der Waals surface area contributed by atoms with Gasteiger partial charge in [-0.15, -0.1) is 0 Å². The van der Waals surface area contributed by atoms with E-state index in [1.165, 1.54) is 17.6 Å². The van der Waals surface area contributed by atoms with Crippen LogP contribution in [0.5, 0.6) is 0 Å². The van der Waals surface area contributed by atoms with Gasteiger partial charge in [0.2, 0.25) is 0 Å². The fourth-order valence-electron chi connectivity index (χ4n) is 0.487. The standard InChI is InChI=1S/C6H7N2S/c7-5-9-6-3-1-2-4-8-6/h1-5H,7H2. The van der Waals surface area contributed by atoms with Gasteiger partial charge in [0, 0.05) is 6.20 Å². The van der Waals surface area contributed by atoms with Crippen LogP contribution in [0.4, 0.5) is 0 Å². The van der Waals surface area contributed by atoms with Crippen molar-refractivity contribution in [2.24, 2.45) is 5.73 Å². The normalized spacial score (nSPS) is 9.44. The van der Waals surface area contributed by atoms with Crippen molar-refractivity contribution in [3.05, 3.63) is 30.3 Å². The highest BCUT2D eigenvalue weighted by atomic mass is 32.2. The van der Waals surface area contributed by atoms with E-state index in [4.69, 9.17) is 5.73 Å². The minimum absolute atomic E-state index is 0.931. The number of thioether (sulfide) groups is 1. The van der Waals surface area contributed by atoms with Crippen LogP contribution in [0.2, 0.25) is 0 Å². The minimum Gasteiger partial charge on any atom is -0.317 e. The number of hydrogen-bond donors (Lipinski definition) is 1. The molecule has 0 spiro atoms. The Morgan fingerprint density at radius 2 is 2.44 bits per heavy atom. The topological polar surface area (TPSA) is 38.9 Å². The van der Waals surface area contributed by atoms with Crippen molar-refractivity contribution in [1.29, 1.82) is 0 Å². The second kappa shape index (κ2) is 3.48. The lowest BCUT2D eigenvalue weighted by Crippen LogP contribution is -1.84. The Kier molecular flexibility index (Phi) is 2.54. The summed E-state index contributed by atoms with van der Waals surface area (Å²) in [7, 11) is 0. The molecule has 1 aromatic rings. The zero-order valence-corrected chi connectivity index (χ0v) is 5.64. The van der Waals surface area contributed by atoms with E-state index in [1.54, 1.807) is 6.20 Å². The summed E-state index contributed by atoms with van der Waals surface area (Å²) in [5, 5.41) is 0.931. The zero-order chi connectivity index (χ0) is 6.53. The highest BCUT2D eigenvalue weighted by Crippen LogP contribution is 2.12. The molecule has 1 aromatic heterocycles. The van der Waals surface area contributed by atoms with E-state index in [1.807, 2.05) is 18.2 Å². The second-order valence-corrected chi connectivity index (χ2v) is 2.35. The smallest absolute Gasteiger partial charge is 0.0975 e. The zero-order valence-electron chi connectivity index (χ0n) is 4.82. The molecule has 1 rings (SSSR count). The minimum atomic E-state index is 0.931. The van der Waals surface area contributed by atoms with Gasteiger partial charge < -0.3 is 5.73 Å². The number of nitrogens with zero attached hydrogens (tertiary/aromatic N) is 1. The molecular weight excluding hydrogens is 132 g/mol. The lowest BCUT2D eigenvalue weighted by atomic mass is 10.5. The average molecular weight is 139 g/mol. The molecule has 9 heavy (non-hydrogen) atoms. The predicted octanol–water partition coefficient (Wildman–Crippen LogP) is 1.25. The molecule has 0 saturated carbocycles. The van der Waals surface area contributed by atoms with Gasteiger partial charge in [-0.3, -0.25) is 0 Å². The molecule has 0 unspecified atom stereocenters. The van der Waals surface area contributed by atoms with Crippen molar-refractivity contribution in [2.75, 3.05) is 0 Å². The maximum absolute atomic E-state index is 5.16. The molecule has 0 aromatic carbocycles. The van der Waals surface area contributed by atoms with E-state index in [0.717, 1.165) is 5.03 Å². The molecule has 1 heterocycles. The summed E-state index contributed by atoms with van der Waals surface area (Å²) in [4.78, 5) is 4.02. The van der Waals surface area contributed by atoms with Gasteiger partial charge in [0.05, 0.1) is 10.9 Å². The van der Waals surface area contributed by atoms with Gasteiger partial charge >= 0.3 is 0 Å². The van der Waals surface area contributed by atoms with Crippen LogP contribution < -0.4 is 5.73 Å². The molecule has 47 valence electrons. The molecule has 0 fully saturated rings. The Bertz CT molecular complexity index is 164. The van der Waals surface area contributed by atoms with Crippen molar-refractivity contribution >= 4 is 11.8 Å². The molecular formula is C6H7N2S. The van der Waals surface area contributed by atoms with Crippen molar-refractivity contribution in [2.45, 2.75) is 5.03 Å². The van der Waals surface area contributed by atoms with Gasteiger partial charge in [-0.05, 0) is 12.1 Å². The summed E-state index contributed by atoms with van der Waals surface area (Å²) in [6.45, 7) is 0. The molecule has 0 aliphatic carbocycles. The van der Waals surface area contributed by atoms with Crippen LogP contribution in [0.1, 0.15) is 0 Å². The summed E-state index contributed by atoms with van der Waals surface area (Å²) in [5.41, 5.74) is 5.16. The van der Waals surface area contributed by atoms with Gasteiger partial charge in [-0.1, -0.05) is 17.8 Å². The Hall–Kier alpha value is -0.540. The largest absolute Gasteiger partial charge is 0.317 e. The van der Waals surface area contributed by atoms with Gasteiger partial charge in [0.1, 0.15) is 0 Å². The van der Waals surface area contributed by atoms with E-state index in [-0.39, 0.29) is 0 Å².